The van der Waals surface area contributed by atoms with Crippen LogP contribution in [-0.4, -0.2) is 30.7 Å². The number of rotatable bonds is 3. The van der Waals surface area contributed by atoms with Gasteiger partial charge in [0.25, 0.3) is 0 Å². The molecule has 0 bridgehead atoms. The van der Waals surface area contributed by atoms with Crippen molar-refractivity contribution in [2.45, 2.75) is 25.3 Å². The Hall–Kier alpha value is -0.170. The van der Waals surface area contributed by atoms with Crippen LogP contribution < -0.4 is 4.72 Å². The largest absolute Gasteiger partial charge is 0.396 e. The maximum Gasteiger partial charge on any atom is 0.333 e. The molecule has 0 aliphatic heterocycles. The van der Waals surface area contributed by atoms with E-state index in [1.165, 1.54) is 0 Å². The van der Waals surface area contributed by atoms with Crippen LogP contribution in [0, 0.1) is 5.92 Å². The Morgan fingerprint density at radius 3 is 2.58 bits per heavy atom. The van der Waals surface area contributed by atoms with Crippen LogP contribution in [0.4, 0.5) is 0 Å². The molecule has 0 aromatic rings. The molecule has 1 fully saturated rings. The van der Waals surface area contributed by atoms with E-state index >= 15 is 0 Å². The van der Waals surface area contributed by atoms with Crippen molar-refractivity contribution in [3.05, 3.63) is 0 Å². The summed E-state index contributed by atoms with van der Waals surface area (Å²) in [7, 11) is -4.11. The Kier molecular flexibility index (Phi) is 3.05. The lowest BCUT2D eigenvalue weighted by Gasteiger charge is -2.16. The molecule has 3 N–H and O–H groups in total. The van der Waals surface area contributed by atoms with Gasteiger partial charge in [0.15, 0.2) is 0 Å². The zero-order chi connectivity index (χ0) is 9.19. The molecule has 1 aliphatic rings. The van der Waals surface area contributed by atoms with E-state index in [4.69, 9.17) is 9.66 Å². The van der Waals surface area contributed by atoms with Gasteiger partial charge in [-0.1, -0.05) is 6.42 Å². The zero-order valence-electron chi connectivity index (χ0n) is 6.60. The highest BCUT2D eigenvalue weighted by Gasteiger charge is 2.29. The van der Waals surface area contributed by atoms with Crippen molar-refractivity contribution in [3.63, 3.8) is 0 Å². The quantitative estimate of drug-likeness (QED) is 0.532. The Labute approximate surface area is 71.7 Å². The molecule has 0 amide bonds. The second-order valence-electron chi connectivity index (χ2n) is 3.07. The molecule has 0 aromatic heterocycles. The minimum atomic E-state index is -4.11. The standard InChI is InChI=1S/C6H13NO4S/c8-4-5-2-1-3-6(5)7-12(9,10)11/h5-8H,1-4H2,(H,9,10,11). The Morgan fingerprint density at radius 1 is 1.42 bits per heavy atom. The predicted molar refractivity (Wildman–Crippen MR) is 42.9 cm³/mol. The van der Waals surface area contributed by atoms with Crippen LogP contribution in [0.2, 0.25) is 0 Å². The lowest BCUT2D eigenvalue weighted by molar-refractivity contribution is 0.212. The highest BCUT2D eigenvalue weighted by atomic mass is 32.2. The summed E-state index contributed by atoms with van der Waals surface area (Å²) in [6, 6.07) is -0.301. The van der Waals surface area contributed by atoms with Gasteiger partial charge < -0.3 is 5.11 Å². The summed E-state index contributed by atoms with van der Waals surface area (Å²) in [5.41, 5.74) is 0. The molecular formula is C6H13NO4S. The van der Waals surface area contributed by atoms with E-state index in [-0.39, 0.29) is 18.6 Å². The monoisotopic (exact) mass is 195 g/mol. The van der Waals surface area contributed by atoms with Crippen LogP contribution in [0.25, 0.3) is 0 Å². The summed E-state index contributed by atoms with van der Waals surface area (Å²) < 4.78 is 31.4. The molecule has 1 aliphatic carbocycles. The third kappa shape index (κ3) is 2.71. The molecule has 2 atom stereocenters. The van der Waals surface area contributed by atoms with Gasteiger partial charge in [-0.3, -0.25) is 4.55 Å². The maximum atomic E-state index is 10.4. The lowest BCUT2D eigenvalue weighted by atomic mass is 10.1. The maximum absolute atomic E-state index is 10.4. The predicted octanol–water partition coefficient (Wildman–Crippen LogP) is -0.460. The van der Waals surface area contributed by atoms with E-state index in [0.29, 0.717) is 6.42 Å². The van der Waals surface area contributed by atoms with Crippen molar-refractivity contribution in [1.29, 1.82) is 0 Å². The van der Waals surface area contributed by atoms with Crippen molar-refractivity contribution >= 4 is 10.3 Å². The Balaban J connectivity index is 2.52. The van der Waals surface area contributed by atoms with E-state index in [0.717, 1.165) is 12.8 Å². The van der Waals surface area contributed by atoms with Crippen molar-refractivity contribution in [3.8, 4) is 0 Å². The van der Waals surface area contributed by atoms with Crippen LogP contribution >= 0.6 is 0 Å². The van der Waals surface area contributed by atoms with E-state index < -0.39 is 10.3 Å². The fourth-order valence-electron chi connectivity index (χ4n) is 1.60. The molecule has 0 aromatic carbocycles. The topological polar surface area (TPSA) is 86.6 Å². The third-order valence-corrected chi connectivity index (χ3v) is 2.79. The van der Waals surface area contributed by atoms with Crippen molar-refractivity contribution < 1.29 is 18.1 Å². The van der Waals surface area contributed by atoms with E-state index in [1.807, 2.05) is 0 Å². The zero-order valence-corrected chi connectivity index (χ0v) is 7.42. The second kappa shape index (κ2) is 3.69. The van der Waals surface area contributed by atoms with Crippen LogP contribution in [0.5, 0.6) is 0 Å². The van der Waals surface area contributed by atoms with E-state index in [9.17, 15) is 8.42 Å². The first-order chi connectivity index (χ1) is 5.53. The molecule has 0 radical (unpaired) electrons. The molecule has 6 heteroatoms. The minimum absolute atomic E-state index is 0.0345. The smallest absolute Gasteiger partial charge is 0.333 e. The van der Waals surface area contributed by atoms with Crippen molar-refractivity contribution in [2.24, 2.45) is 5.92 Å². The van der Waals surface area contributed by atoms with Gasteiger partial charge in [0.05, 0.1) is 0 Å². The summed E-state index contributed by atoms with van der Waals surface area (Å²) in [6.45, 7) is -0.0345. The first-order valence-electron chi connectivity index (χ1n) is 3.88. The van der Waals surface area contributed by atoms with Gasteiger partial charge in [-0.05, 0) is 18.8 Å². The number of hydrogen-bond acceptors (Lipinski definition) is 3. The summed E-state index contributed by atoms with van der Waals surface area (Å²) in [6.07, 6.45) is 2.38. The van der Waals surface area contributed by atoms with Crippen LogP contribution in [0.3, 0.4) is 0 Å². The number of nitrogens with one attached hydrogen (secondary N) is 1. The SMILES string of the molecule is O=S(=O)(O)NC1CCCC1CO. The van der Waals surface area contributed by atoms with E-state index in [2.05, 4.69) is 4.72 Å². The number of aliphatic hydroxyl groups is 1. The molecule has 0 heterocycles. The summed E-state index contributed by atoms with van der Waals surface area (Å²) >= 11 is 0. The van der Waals surface area contributed by atoms with Gasteiger partial charge >= 0.3 is 10.3 Å². The lowest BCUT2D eigenvalue weighted by Crippen LogP contribution is -2.38. The normalized spacial score (nSPS) is 30.8. The van der Waals surface area contributed by atoms with Crippen LogP contribution in [-0.2, 0) is 10.3 Å². The molecule has 5 nitrogen and oxygen atoms in total. The van der Waals surface area contributed by atoms with Gasteiger partial charge in [-0.2, -0.15) is 13.1 Å². The molecule has 1 rings (SSSR count). The van der Waals surface area contributed by atoms with E-state index in [1.54, 1.807) is 0 Å². The van der Waals surface area contributed by atoms with Crippen LogP contribution in [0.15, 0.2) is 0 Å². The number of aliphatic hydroxyl groups excluding tert-OH is 1. The first-order valence-corrected chi connectivity index (χ1v) is 5.32. The van der Waals surface area contributed by atoms with Gasteiger partial charge in [0.1, 0.15) is 0 Å². The molecule has 12 heavy (non-hydrogen) atoms. The highest BCUT2D eigenvalue weighted by molar-refractivity contribution is 7.83. The molecule has 1 saturated carbocycles. The Morgan fingerprint density at radius 2 is 2.08 bits per heavy atom. The summed E-state index contributed by atoms with van der Waals surface area (Å²) in [5.74, 6) is -0.0491. The van der Waals surface area contributed by atoms with Gasteiger partial charge in [-0.25, -0.2) is 0 Å². The van der Waals surface area contributed by atoms with Crippen LogP contribution in [0.1, 0.15) is 19.3 Å². The third-order valence-electron chi connectivity index (χ3n) is 2.19. The van der Waals surface area contributed by atoms with Gasteiger partial charge in [0.2, 0.25) is 0 Å². The minimum Gasteiger partial charge on any atom is -0.396 e. The molecular weight excluding hydrogens is 182 g/mol. The van der Waals surface area contributed by atoms with Gasteiger partial charge in [-0.15, -0.1) is 0 Å². The fraction of sp³-hybridized carbons (Fsp3) is 1.00. The van der Waals surface area contributed by atoms with Gasteiger partial charge in [0, 0.05) is 12.6 Å². The molecule has 72 valence electrons. The highest BCUT2D eigenvalue weighted by Crippen LogP contribution is 2.25. The average molecular weight is 195 g/mol. The average Bonchev–Trinajstić information content (AvgIpc) is 2.31. The molecule has 2 unspecified atom stereocenters. The summed E-state index contributed by atoms with van der Waals surface area (Å²) in [4.78, 5) is 0. The second-order valence-corrected chi connectivity index (χ2v) is 4.26. The van der Waals surface area contributed by atoms with Crippen molar-refractivity contribution in [2.75, 3.05) is 6.61 Å². The molecule has 0 saturated heterocycles. The molecule has 0 spiro atoms. The first kappa shape index (κ1) is 9.91. The summed E-state index contributed by atoms with van der Waals surface area (Å²) in [5, 5.41) is 8.82. The number of hydrogen-bond donors (Lipinski definition) is 3. The Bertz CT molecular complexity index is 238. The van der Waals surface area contributed by atoms with Crippen molar-refractivity contribution in [1.82, 2.24) is 4.72 Å². The fourth-order valence-corrected chi connectivity index (χ4v) is 2.29.